The maximum atomic E-state index is 11.8. The molecule has 0 bridgehead atoms. The molecule has 0 radical (unpaired) electrons. The lowest BCUT2D eigenvalue weighted by molar-refractivity contribution is 0.0592. The fourth-order valence-corrected chi connectivity index (χ4v) is 2.52. The summed E-state index contributed by atoms with van der Waals surface area (Å²) in [5.74, 6) is -0.429. The van der Waals surface area contributed by atoms with Gasteiger partial charge in [0.05, 0.1) is 12.8 Å². The molecule has 134 valence electrons. The molecule has 1 aromatic carbocycles. The molecule has 2 heterocycles. The molecule has 7 heteroatoms. The van der Waals surface area contributed by atoms with Crippen LogP contribution in [0.3, 0.4) is 0 Å². The number of imidazole rings is 1. The van der Waals surface area contributed by atoms with E-state index in [2.05, 4.69) is 10.3 Å². The summed E-state index contributed by atoms with van der Waals surface area (Å²) in [4.78, 5) is 28.0. The molecule has 0 aliphatic rings. The van der Waals surface area contributed by atoms with E-state index in [1.54, 1.807) is 28.8 Å². The van der Waals surface area contributed by atoms with E-state index >= 15 is 0 Å². The Kier molecular flexibility index (Phi) is 5.48. The van der Waals surface area contributed by atoms with Crippen molar-refractivity contribution >= 4 is 17.7 Å². The summed E-state index contributed by atoms with van der Waals surface area (Å²) in [7, 11) is 1.34. The largest absolute Gasteiger partial charge is 0.464 e. The second kappa shape index (κ2) is 8.15. The predicted molar refractivity (Wildman–Crippen MR) is 94.9 cm³/mol. The first-order chi connectivity index (χ1) is 12.7. The Morgan fingerprint density at radius 2 is 1.92 bits per heavy atom. The molecule has 26 heavy (non-hydrogen) atoms. The van der Waals surface area contributed by atoms with E-state index in [-0.39, 0.29) is 6.61 Å². The van der Waals surface area contributed by atoms with E-state index in [0.717, 1.165) is 11.3 Å². The molecule has 0 unspecified atom stereocenters. The SMILES string of the molecule is COC(=O)c1cccc2nc(CCNC(=O)OCc3ccccc3)cn12. The van der Waals surface area contributed by atoms with Gasteiger partial charge in [-0.05, 0) is 17.7 Å². The number of rotatable bonds is 6. The maximum Gasteiger partial charge on any atom is 0.407 e. The minimum atomic E-state index is -0.479. The van der Waals surface area contributed by atoms with Gasteiger partial charge in [-0.3, -0.25) is 4.40 Å². The molecular weight excluding hydrogens is 334 g/mol. The fraction of sp³-hybridized carbons (Fsp3) is 0.211. The van der Waals surface area contributed by atoms with Crippen molar-refractivity contribution < 1.29 is 19.1 Å². The zero-order chi connectivity index (χ0) is 18.4. The van der Waals surface area contributed by atoms with Crippen LogP contribution in [0.1, 0.15) is 21.7 Å². The van der Waals surface area contributed by atoms with E-state index in [0.29, 0.717) is 24.3 Å². The molecule has 0 atom stereocenters. The number of ether oxygens (including phenoxy) is 2. The van der Waals surface area contributed by atoms with Crippen LogP contribution in [0.25, 0.3) is 5.65 Å². The topological polar surface area (TPSA) is 81.9 Å². The van der Waals surface area contributed by atoms with Gasteiger partial charge in [-0.2, -0.15) is 0 Å². The van der Waals surface area contributed by atoms with Crippen LogP contribution < -0.4 is 5.32 Å². The highest BCUT2D eigenvalue weighted by Crippen LogP contribution is 2.10. The Morgan fingerprint density at radius 1 is 1.12 bits per heavy atom. The van der Waals surface area contributed by atoms with Gasteiger partial charge in [-0.1, -0.05) is 36.4 Å². The number of pyridine rings is 1. The van der Waals surface area contributed by atoms with Gasteiger partial charge >= 0.3 is 12.1 Å². The number of nitrogens with one attached hydrogen (secondary N) is 1. The first-order valence-corrected chi connectivity index (χ1v) is 8.17. The van der Waals surface area contributed by atoms with Gasteiger partial charge in [0.2, 0.25) is 0 Å². The zero-order valence-electron chi connectivity index (χ0n) is 14.3. The molecule has 0 fully saturated rings. The average molecular weight is 353 g/mol. The van der Waals surface area contributed by atoms with Crippen LogP contribution in [0, 0.1) is 0 Å². The molecule has 0 spiro atoms. The van der Waals surface area contributed by atoms with Gasteiger partial charge in [-0.25, -0.2) is 14.6 Å². The maximum absolute atomic E-state index is 11.8. The fourth-order valence-electron chi connectivity index (χ4n) is 2.52. The normalized spacial score (nSPS) is 10.5. The predicted octanol–water partition coefficient (Wildman–Crippen LogP) is 2.59. The standard InChI is InChI=1S/C19H19N3O4/c1-25-18(23)16-8-5-9-17-21-15(12-22(16)17)10-11-20-19(24)26-13-14-6-3-2-4-7-14/h2-9,12H,10-11,13H2,1H3,(H,20,24). The summed E-state index contributed by atoms with van der Waals surface area (Å²) in [6.45, 7) is 0.606. The van der Waals surface area contributed by atoms with E-state index in [4.69, 9.17) is 9.47 Å². The van der Waals surface area contributed by atoms with Crippen LogP contribution in [0.5, 0.6) is 0 Å². The minimum Gasteiger partial charge on any atom is -0.464 e. The zero-order valence-corrected chi connectivity index (χ0v) is 14.3. The van der Waals surface area contributed by atoms with Crippen molar-refractivity contribution in [2.24, 2.45) is 0 Å². The summed E-state index contributed by atoms with van der Waals surface area (Å²) >= 11 is 0. The molecule has 7 nitrogen and oxygen atoms in total. The Hall–Kier alpha value is -3.35. The number of hydrogen-bond donors (Lipinski definition) is 1. The minimum absolute atomic E-state index is 0.226. The van der Waals surface area contributed by atoms with Crippen molar-refractivity contribution in [2.75, 3.05) is 13.7 Å². The highest BCUT2D eigenvalue weighted by Gasteiger charge is 2.12. The molecule has 1 N–H and O–H groups in total. The van der Waals surface area contributed by atoms with Gasteiger partial charge in [0.1, 0.15) is 17.9 Å². The third kappa shape index (κ3) is 4.18. The second-order valence-electron chi connectivity index (χ2n) is 5.60. The lowest BCUT2D eigenvalue weighted by atomic mass is 10.2. The number of methoxy groups -OCH3 is 1. The molecule has 2 aromatic heterocycles. The number of amides is 1. The smallest absolute Gasteiger partial charge is 0.407 e. The van der Waals surface area contributed by atoms with Crippen LogP contribution in [0.15, 0.2) is 54.7 Å². The lowest BCUT2D eigenvalue weighted by Crippen LogP contribution is -2.26. The summed E-state index contributed by atoms with van der Waals surface area (Å²) in [5.41, 5.74) is 2.73. The Morgan fingerprint density at radius 3 is 2.69 bits per heavy atom. The summed E-state index contributed by atoms with van der Waals surface area (Å²) in [5, 5.41) is 2.69. The van der Waals surface area contributed by atoms with Crippen molar-refractivity contribution in [1.82, 2.24) is 14.7 Å². The number of hydrogen-bond acceptors (Lipinski definition) is 5. The van der Waals surface area contributed by atoms with Crippen molar-refractivity contribution in [1.29, 1.82) is 0 Å². The van der Waals surface area contributed by atoms with E-state index in [1.807, 2.05) is 30.3 Å². The van der Waals surface area contributed by atoms with E-state index in [9.17, 15) is 9.59 Å². The van der Waals surface area contributed by atoms with Crippen molar-refractivity contribution in [3.63, 3.8) is 0 Å². The van der Waals surface area contributed by atoms with Crippen LogP contribution in [0.4, 0.5) is 4.79 Å². The molecular formula is C19H19N3O4. The van der Waals surface area contributed by atoms with Gasteiger partial charge in [0, 0.05) is 19.2 Å². The van der Waals surface area contributed by atoms with Crippen molar-refractivity contribution in [3.8, 4) is 0 Å². The third-order valence-electron chi connectivity index (χ3n) is 3.80. The van der Waals surface area contributed by atoms with E-state index in [1.165, 1.54) is 7.11 Å². The Bertz CT molecular complexity index is 906. The van der Waals surface area contributed by atoms with Crippen molar-refractivity contribution in [2.45, 2.75) is 13.0 Å². The third-order valence-corrected chi connectivity index (χ3v) is 3.80. The lowest BCUT2D eigenvalue weighted by Gasteiger charge is -2.06. The number of alkyl carbamates (subject to hydrolysis) is 1. The summed E-state index contributed by atoms with van der Waals surface area (Å²) in [6.07, 6.45) is 1.80. The number of fused-ring (bicyclic) bond motifs is 1. The number of carbonyl (C=O) groups excluding carboxylic acids is 2. The molecule has 1 amide bonds. The first kappa shape index (κ1) is 17.5. The number of benzene rings is 1. The number of aromatic nitrogens is 2. The molecule has 0 saturated carbocycles. The number of esters is 1. The van der Waals surface area contributed by atoms with Crippen LogP contribution in [-0.2, 0) is 22.5 Å². The monoisotopic (exact) mass is 353 g/mol. The highest BCUT2D eigenvalue weighted by atomic mass is 16.5. The Balaban J connectivity index is 1.53. The van der Waals surface area contributed by atoms with Crippen molar-refractivity contribution in [3.05, 3.63) is 71.7 Å². The van der Waals surface area contributed by atoms with Gasteiger partial charge < -0.3 is 14.8 Å². The van der Waals surface area contributed by atoms with Crippen LogP contribution >= 0.6 is 0 Å². The molecule has 0 aliphatic carbocycles. The molecule has 0 saturated heterocycles. The van der Waals surface area contributed by atoms with Crippen LogP contribution in [0.2, 0.25) is 0 Å². The van der Waals surface area contributed by atoms with Gasteiger partial charge in [0.25, 0.3) is 0 Å². The highest BCUT2D eigenvalue weighted by molar-refractivity contribution is 5.88. The summed E-state index contributed by atoms with van der Waals surface area (Å²) in [6, 6.07) is 14.7. The summed E-state index contributed by atoms with van der Waals surface area (Å²) < 4.78 is 11.6. The van der Waals surface area contributed by atoms with E-state index < -0.39 is 12.1 Å². The number of nitrogens with zero attached hydrogens (tertiary/aromatic N) is 2. The Labute approximate surface area is 150 Å². The second-order valence-corrected chi connectivity index (χ2v) is 5.60. The molecule has 3 aromatic rings. The van der Waals surface area contributed by atoms with Gasteiger partial charge in [0.15, 0.2) is 0 Å². The quantitative estimate of drug-likeness (QED) is 0.689. The van der Waals surface area contributed by atoms with Gasteiger partial charge in [-0.15, -0.1) is 0 Å². The van der Waals surface area contributed by atoms with Crippen LogP contribution in [-0.4, -0.2) is 35.1 Å². The average Bonchev–Trinajstić information content (AvgIpc) is 3.09. The first-order valence-electron chi connectivity index (χ1n) is 8.17. The molecule has 0 aliphatic heterocycles. The molecule has 3 rings (SSSR count). The number of carbonyl (C=O) groups is 2.